The summed E-state index contributed by atoms with van der Waals surface area (Å²) in [7, 11) is 1.57. The SMILES string of the molecule is CCN(CC(=O)Nc1cccc(OC)c1)C(=O)C1CCN(C(=O)/C=C/c2ccccc2)CC1. The first kappa shape index (κ1) is 24.0. The van der Waals surface area contributed by atoms with E-state index in [0.717, 1.165) is 5.56 Å². The zero-order valence-electron chi connectivity index (χ0n) is 19.2. The van der Waals surface area contributed by atoms with Gasteiger partial charge in [-0.2, -0.15) is 0 Å². The number of hydrogen-bond donors (Lipinski definition) is 1. The third-order valence-electron chi connectivity index (χ3n) is 5.76. The first-order chi connectivity index (χ1) is 16.0. The normalized spacial score (nSPS) is 14.2. The summed E-state index contributed by atoms with van der Waals surface area (Å²) in [5, 5.41) is 2.82. The molecule has 1 fully saturated rings. The average Bonchev–Trinajstić information content (AvgIpc) is 2.86. The second-order valence-electron chi connectivity index (χ2n) is 7.98. The van der Waals surface area contributed by atoms with Crippen molar-refractivity contribution in [3.63, 3.8) is 0 Å². The van der Waals surface area contributed by atoms with Gasteiger partial charge in [-0.1, -0.05) is 36.4 Å². The van der Waals surface area contributed by atoms with Gasteiger partial charge in [-0.25, -0.2) is 0 Å². The number of carbonyl (C=O) groups is 3. The molecule has 7 heteroatoms. The number of amides is 3. The van der Waals surface area contributed by atoms with Crippen molar-refractivity contribution in [1.29, 1.82) is 0 Å². The highest BCUT2D eigenvalue weighted by atomic mass is 16.5. The van der Waals surface area contributed by atoms with E-state index in [0.29, 0.717) is 43.9 Å². The van der Waals surface area contributed by atoms with E-state index in [1.165, 1.54) is 0 Å². The lowest BCUT2D eigenvalue weighted by molar-refractivity contribution is -0.141. The van der Waals surface area contributed by atoms with E-state index in [1.54, 1.807) is 53.3 Å². The Morgan fingerprint density at radius 2 is 1.82 bits per heavy atom. The third-order valence-corrected chi connectivity index (χ3v) is 5.76. The summed E-state index contributed by atoms with van der Waals surface area (Å²) < 4.78 is 5.17. The van der Waals surface area contributed by atoms with Gasteiger partial charge in [-0.15, -0.1) is 0 Å². The molecule has 1 heterocycles. The summed E-state index contributed by atoms with van der Waals surface area (Å²) >= 11 is 0. The minimum atomic E-state index is -0.253. The smallest absolute Gasteiger partial charge is 0.246 e. The molecule has 3 amide bonds. The molecule has 0 spiro atoms. The molecule has 33 heavy (non-hydrogen) atoms. The molecule has 0 atom stereocenters. The van der Waals surface area contributed by atoms with Crippen LogP contribution in [0.15, 0.2) is 60.7 Å². The fourth-order valence-electron chi connectivity index (χ4n) is 3.86. The van der Waals surface area contributed by atoms with Crippen LogP contribution >= 0.6 is 0 Å². The van der Waals surface area contributed by atoms with Crippen LogP contribution in [0.3, 0.4) is 0 Å². The van der Waals surface area contributed by atoms with Gasteiger partial charge in [0.05, 0.1) is 13.7 Å². The quantitative estimate of drug-likeness (QED) is 0.627. The van der Waals surface area contributed by atoms with Crippen molar-refractivity contribution in [1.82, 2.24) is 9.80 Å². The number of nitrogens with one attached hydrogen (secondary N) is 1. The predicted octanol–water partition coefficient (Wildman–Crippen LogP) is 3.43. The van der Waals surface area contributed by atoms with Crippen LogP contribution in [-0.4, -0.2) is 60.8 Å². The van der Waals surface area contributed by atoms with Crippen LogP contribution < -0.4 is 10.1 Å². The number of rotatable bonds is 8. The van der Waals surface area contributed by atoms with Crippen molar-refractivity contribution >= 4 is 29.5 Å². The number of anilines is 1. The first-order valence-corrected chi connectivity index (χ1v) is 11.2. The number of likely N-dealkylation sites (N-methyl/N-ethyl adjacent to an activating group) is 1. The summed E-state index contributed by atoms with van der Waals surface area (Å²) in [4.78, 5) is 41.3. The Labute approximate surface area is 195 Å². The molecule has 3 rings (SSSR count). The van der Waals surface area contributed by atoms with E-state index in [-0.39, 0.29) is 30.2 Å². The number of piperidine rings is 1. The molecule has 7 nitrogen and oxygen atoms in total. The van der Waals surface area contributed by atoms with Crippen molar-refractivity contribution < 1.29 is 19.1 Å². The lowest BCUT2D eigenvalue weighted by Gasteiger charge is -2.33. The Morgan fingerprint density at radius 3 is 2.48 bits per heavy atom. The van der Waals surface area contributed by atoms with Gasteiger partial charge in [0.1, 0.15) is 5.75 Å². The Balaban J connectivity index is 1.49. The minimum absolute atomic E-state index is 0.00843. The summed E-state index contributed by atoms with van der Waals surface area (Å²) in [6, 6.07) is 16.8. The van der Waals surface area contributed by atoms with Gasteiger partial charge in [0.25, 0.3) is 0 Å². The van der Waals surface area contributed by atoms with E-state index in [2.05, 4.69) is 5.32 Å². The Morgan fingerprint density at radius 1 is 1.09 bits per heavy atom. The predicted molar refractivity (Wildman–Crippen MR) is 129 cm³/mol. The molecular formula is C26H31N3O4. The molecule has 0 aromatic heterocycles. The van der Waals surface area contributed by atoms with Gasteiger partial charge >= 0.3 is 0 Å². The van der Waals surface area contributed by atoms with Crippen LogP contribution in [0.2, 0.25) is 0 Å². The summed E-state index contributed by atoms with van der Waals surface area (Å²) in [5.74, 6) is 0.130. The second kappa shape index (κ2) is 11.9. The molecule has 0 unspecified atom stereocenters. The Hall–Kier alpha value is -3.61. The van der Waals surface area contributed by atoms with E-state index >= 15 is 0 Å². The van der Waals surface area contributed by atoms with E-state index in [4.69, 9.17) is 4.74 Å². The largest absolute Gasteiger partial charge is 0.497 e. The van der Waals surface area contributed by atoms with Gasteiger partial charge in [-0.3, -0.25) is 14.4 Å². The molecule has 1 aliphatic rings. The van der Waals surface area contributed by atoms with Gasteiger partial charge in [-0.05, 0) is 43.5 Å². The van der Waals surface area contributed by atoms with Crippen LogP contribution in [0, 0.1) is 5.92 Å². The zero-order chi connectivity index (χ0) is 23.6. The average molecular weight is 450 g/mol. The number of likely N-dealkylation sites (tertiary alicyclic amines) is 1. The molecule has 2 aromatic rings. The molecule has 2 aromatic carbocycles. The number of hydrogen-bond acceptors (Lipinski definition) is 4. The number of nitrogens with zero attached hydrogens (tertiary/aromatic N) is 2. The number of carbonyl (C=O) groups excluding carboxylic acids is 3. The molecular weight excluding hydrogens is 418 g/mol. The van der Waals surface area contributed by atoms with Crippen LogP contribution in [0.4, 0.5) is 5.69 Å². The Kier molecular flexibility index (Phi) is 8.63. The summed E-state index contributed by atoms with van der Waals surface area (Å²) in [5.41, 5.74) is 1.60. The highest BCUT2D eigenvalue weighted by Gasteiger charge is 2.30. The van der Waals surface area contributed by atoms with Crippen LogP contribution in [-0.2, 0) is 14.4 Å². The van der Waals surface area contributed by atoms with Crippen molar-refractivity contribution in [3.8, 4) is 5.75 Å². The zero-order valence-corrected chi connectivity index (χ0v) is 19.2. The van der Waals surface area contributed by atoms with Crippen molar-refractivity contribution in [2.75, 3.05) is 38.6 Å². The van der Waals surface area contributed by atoms with Gasteiger partial charge in [0.2, 0.25) is 17.7 Å². The van der Waals surface area contributed by atoms with Crippen LogP contribution in [0.5, 0.6) is 5.75 Å². The van der Waals surface area contributed by atoms with Crippen LogP contribution in [0.25, 0.3) is 6.08 Å². The van der Waals surface area contributed by atoms with Crippen molar-refractivity contribution in [2.45, 2.75) is 19.8 Å². The van der Waals surface area contributed by atoms with E-state index < -0.39 is 0 Å². The number of methoxy groups -OCH3 is 1. The highest BCUT2D eigenvalue weighted by molar-refractivity contribution is 5.95. The third kappa shape index (κ3) is 6.94. The van der Waals surface area contributed by atoms with Crippen molar-refractivity contribution in [2.24, 2.45) is 5.92 Å². The maximum atomic E-state index is 13.0. The first-order valence-electron chi connectivity index (χ1n) is 11.2. The van der Waals surface area contributed by atoms with Gasteiger partial charge < -0.3 is 19.9 Å². The minimum Gasteiger partial charge on any atom is -0.497 e. The molecule has 1 aliphatic heterocycles. The van der Waals surface area contributed by atoms with E-state index in [1.807, 2.05) is 37.3 Å². The lowest BCUT2D eigenvalue weighted by Crippen LogP contribution is -2.46. The molecule has 0 aliphatic carbocycles. The standard InChI is InChI=1S/C26H31N3O4/c1-3-28(19-24(30)27-22-10-7-11-23(18-22)33-2)26(32)21-14-16-29(17-15-21)25(31)13-12-20-8-5-4-6-9-20/h4-13,18,21H,3,14-17,19H2,1-2H3,(H,27,30)/b13-12+. The fourth-order valence-corrected chi connectivity index (χ4v) is 3.86. The maximum Gasteiger partial charge on any atom is 0.246 e. The van der Waals surface area contributed by atoms with Crippen LogP contribution in [0.1, 0.15) is 25.3 Å². The highest BCUT2D eigenvalue weighted by Crippen LogP contribution is 2.21. The van der Waals surface area contributed by atoms with E-state index in [9.17, 15) is 14.4 Å². The fraction of sp³-hybridized carbons (Fsp3) is 0.346. The molecule has 0 bridgehead atoms. The van der Waals surface area contributed by atoms with Crippen molar-refractivity contribution in [3.05, 3.63) is 66.2 Å². The topological polar surface area (TPSA) is 79.0 Å². The summed E-state index contributed by atoms with van der Waals surface area (Å²) in [6.07, 6.45) is 4.58. The second-order valence-corrected chi connectivity index (χ2v) is 7.98. The van der Waals surface area contributed by atoms with Gasteiger partial charge in [0, 0.05) is 43.4 Å². The number of benzene rings is 2. The molecule has 0 radical (unpaired) electrons. The molecule has 174 valence electrons. The Bertz CT molecular complexity index is 982. The summed E-state index contributed by atoms with van der Waals surface area (Å²) in [6.45, 7) is 3.36. The lowest BCUT2D eigenvalue weighted by atomic mass is 9.95. The molecule has 1 saturated heterocycles. The molecule has 0 saturated carbocycles. The maximum absolute atomic E-state index is 13.0. The monoisotopic (exact) mass is 449 g/mol. The molecule has 1 N–H and O–H groups in total. The number of ether oxygens (including phenoxy) is 1. The van der Waals surface area contributed by atoms with Gasteiger partial charge in [0.15, 0.2) is 0 Å².